The number of nitrogens with zero attached hydrogens (tertiary/aromatic N) is 3. The molecule has 2 aliphatic rings. The highest BCUT2D eigenvalue weighted by molar-refractivity contribution is 5.97. The van der Waals surface area contributed by atoms with Crippen molar-refractivity contribution in [3.05, 3.63) is 23.9 Å². The number of piperazine rings is 1. The van der Waals surface area contributed by atoms with E-state index in [0.29, 0.717) is 37.6 Å². The molecule has 3 rings (SSSR count). The van der Waals surface area contributed by atoms with Gasteiger partial charge in [-0.25, -0.2) is 9.78 Å². The number of nitrogens with two attached hydrogens (primary N) is 1. The summed E-state index contributed by atoms with van der Waals surface area (Å²) >= 11 is 0. The van der Waals surface area contributed by atoms with Crippen LogP contribution in [0.2, 0.25) is 0 Å². The fourth-order valence-corrected chi connectivity index (χ4v) is 3.95. The van der Waals surface area contributed by atoms with Crippen LogP contribution in [0.3, 0.4) is 0 Å². The first-order valence-electron chi connectivity index (χ1n) is 9.51. The zero-order chi connectivity index (χ0) is 18.6. The van der Waals surface area contributed by atoms with E-state index in [4.69, 9.17) is 5.73 Å². The van der Waals surface area contributed by atoms with Crippen LogP contribution in [0.15, 0.2) is 18.3 Å². The van der Waals surface area contributed by atoms with Crippen molar-refractivity contribution in [1.29, 1.82) is 0 Å². The number of hydrogen-bond donors (Lipinski definition) is 2. The number of rotatable bonds is 4. The van der Waals surface area contributed by atoms with Gasteiger partial charge in [0.1, 0.15) is 5.82 Å². The summed E-state index contributed by atoms with van der Waals surface area (Å²) in [6, 6.07) is 3.40. The standard InChI is InChI=1S/C19H29N5O2/c1-19(7-3-2-4-8-19)14-22-18(26)24-12-10-23(11-13-24)17-15(16(20)25)6-5-9-21-17/h5-6,9H,2-4,7-8,10-14H2,1H3,(H2,20,25)(H,22,26). The first kappa shape index (κ1) is 18.5. The van der Waals surface area contributed by atoms with Gasteiger partial charge < -0.3 is 20.9 Å². The van der Waals surface area contributed by atoms with E-state index in [2.05, 4.69) is 17.2 Å². The number of aromatic nitrogens is 1. The van der Waals surface area contributed by atoms with Gasteiger partial charge in [0.25, 0.3) is 5.91 Å². The van der Waals surface area contributed by atoms with E-state index in [1.54, 1.807) is 18.3 Å². The van der Waals surface area contributed by atoms with E-state index >= 15 is 0 Å². The molecule has 1 saturated carbocycles. The third kappa shape index (κ3) is 4.26. The molecule has 7 heteroatoms. The van der Waals surface area contributed by atoms with Gasteiger partial charge in [0, 0.05) is 38.9 Å². The molecular formula is C19H29N5O2. The van der Waals surface area contributed by atoms with Gasteiger partial charge in [-0.15, -0.1) is 0 Å². The van der Waals surface area contributed by atoms with E-state index in [1.807, 2.05) is 9.80 Å². The van der Waals surface area contributed by atoms with E-state index in [-0.39, 0.29) is 11.4 Å². The maximum absolute atomic E-state index is 12.5. The van der Waals surface area contributed by atoms with Crippen LogP contribution >= 0.6 is 0 Å². The molecule has 2 heterocycles. The summed E-state index contributed by atoms with van der Waals surface area (Å²) in [4.78, 5) is 32.3. The van der Waals surface area contributed by atoms with Gasteiger partial charge in [-0.05, 0) is 30.4 Å². The number of carbonyl (C=O) groups is 2. The number of amides is 3. The molecule has 1 aliphatic heterocycles. The predicted molar refractivity (Wildman–Crippen MR) is 101 cm³/mol. The quantitative estimate of drug-likeness (QED) is 0.860. The van der Waals surface area contributed by atoms with Crippen LogP contribution in [-0.4, -0.2) is 54.5 Å². The highest BCUT2D eigenvalue weighted by Gasteiger charge is 2.29. The third-order valence-electron chi connectivity index (χ3n) is 5.65. The monoisotopic (exact) mass is 359 g/mol. The second kappa shape index (κ2) is 7.93. The molecule has 1 saturated heterocycles. The van der Waals surface area contributed by atoms with Gasteiger partial charge in [0.05, 0.1) is 5.56 Å². The van der Waals surface area contributed by atoms with E-state index < -0.39 is 5.91 Å². The summed E-state index contributed by atoms with van der Waals surface area (Å²) in [5.74, 6) is 0.128. The molecule has 3 N–H and O–H groups in total. The molecule has 0 bridgehead atoms. The molecule has 0 spiro atoms. The number of anilines is 1. The van der Waals surface area contributed by atoms with Gasteiger partial charge in [0.2, 0.25) is 0 Å². The summed E-state index contributed by atoms with van der Waals surface area (Å²) in [5.41, 5.74) is 6.10. The molecule has 0 radical (unpaired) electrons. The summed E-state index contributed by atoms with van der Waals surface area (Å²) in [7, 11) is 0. The van der Waals surface area contributed by atoms with Gasteiger partial charge in [-0.2, -0.15) is 0 Å². The van der Waals surface area contributed by atoms with Crippen LogP contribution in [0.1, 0.15) is 49.4 Å². The third-order valence-corrected chi connectivity index (χ3v) is 5.65. The van der Waals surface area contributed by atoms with E-state index in [0.717, 1.165) is 6.54 Å². The van der Waals surface area contributed by atoms with Crippen molar-refractivity contribution in [2.24, 2.45) is 11.1 Å². The summed E-state index contributed by atoms with van der Waals surface area (Å²) in [5, 5.41) is 3.13. The minimum atomic E-state index is -0.478. The Kier molecular flexibility index (Phi) is 5.64. The van der Waals surface area contributed by atoms with Crippen molar-refractivity contribution in [3.63, 3.8) is 0 Å². The van der Waals surface area contributed by atoms with Crippen LogP contribution in [0.5, 0.6) is 0 Å². The Hall–Kier alpha value is -2.31. The Morgan fingerprint density at radius 1 is 1.19 bits per heavy atom. The number of carbonyl (C=O) groups excluding carboxylic acids is 2. The second-order valence-electron chi connectivity index (χ2n) is 7.74. The number of hydrogen-bond acceptors (Lipinski definition) is 4. The molecule has 7 nitrogen and oxygen atoms in total. The topological polar surface area (TPSA) is 91.6 Å². The summed E-state index contributed by atoms with van der Waals surface area (Å²) in [6.45, 7) is 5.52. The molecule has 0 unspecified atom stereocenters. The predicted octanol–water partition coefficient (Wildman–Crippen LogP) is 1.98. The Morgan fingerprint density at radius 2 is 1.88 bits per heavy atom. The highest BCUT2D eigenvalue weighted by Crippen LogP contribution is 2.34. The Bertz CT molecular complexity index is 649. The fraction of sp³-hybridized carbons (Fsp3) is 0.632. The smallest absolute Gasteiger partial charge is 0.317 e. The number of pyridine rings is 1. The second-order valence-corrected chi connectivity index (χ2v) is 7.74. The lowest BCUT2D eigenvalue weighted by atomic mass is 9.76. The zero-order valence-corrected chi connectivity index (χ0v) is 15.5. The van der Waals surface area contributed by atoms with Crippen molar-refractivity contribution < 1.29 is 9.59 Å². The lowest BCUT2D eigenvalue weighted by Crippen LogP contribution is -2.53. The lowest BCUT2D eigenvalue weighted by Gasteiger charge is -2.38. The van der Waals surface area contributed by atoms with Gasteiger partial charge in [-0.1, -0.05) is 26.2 Å². The van der Waals surface area contributed by atoms with Crippen molar-refractivity contribution in [2.75, 3.05) is 37.6 Å². The molecule has 0 aromatic carbocycles. The lowest BCUT2D eigenvalue weighted by molar-refractivity contribution is 0.1000. The van der Waals surface area contributed by atoms with Crippen molar-refractivity contribution in [3.8, 4) is 0 Å². The SMILES string of the molecule is CC1(CNC(=O)N2CCN(c3ncccc3C(N)=O)CC2)CCCCC1. The summed E-state index contributed by atoms with van der Waals surface area (Å²) < 4.78 is 0. The average molecular weight is 359 g/mol. The van der Waals surface area contributed by atoms with Crippen molar-refractivity contribution in [2.45, 2.75) is 39.0 Å². The van der Waals surface area contributed by atoms with Gasteiger partial charge in [-0.3, -0.25) is 4.79 Å². The van der Waals surface area contributed by atoms with Crippen LogP contribution in [0.25, 0.3) is 0 Å². The van der Waals surface area contributed by atoms with Crippen molar-refractivity contribution in [1.82, 2.24) is 15.2 Å². The Morgan fingerprint density at radius 3 is 2.54 bits per heavy atom. The highest BCUT2D eigenvalue weighted by atomic mass is 16.2. The first-order valence-corrected chi connectivity index (χ1v) is 9.51. The largest absolute Gasteiger partial charge is 0.365 e. The van der Waals surface area contributed by atoms with Crippen LogP contribution < -0.4 is 16.0 Å². The zero-order valence-electron chi connectivity index (χ0n) is 15.5. The minimum absolute atomic E-state index is 0.00703. The van der Waals surface area contributed by atoms with Crippen LogP contribution in [0.4, 0.5) is 10.6 Å². The fourth-order valence-electron chi connectivity index (χ4n) is 3.95. The molecule has 142 valence electrons. The number of urea groups is 1. The maximum Gasteiger partial charge on any atom is 0.317 e. The molecule has 2 fully saturated rings. The maximum atomic E-state index is 12.5. The molecule has 26 heavy (non-hydrogen) atoms. The van der Waals surface area contributed by atoms with E-state index in [9.17, 15) is 9.59 Å². The molecule has 1 aliphatic carbocycles. The average Bonchev–Trinajstić information content (AvgIpc) is 2.67. The van der Waals surface area contributed by atoms with Gasteiger partial charge in [0.15, 0.2) is 0 Å². The van der Waals surface area contributed by atoms with E-state index in [1.165, 1.54) is 32.1 Å². The van der Waals surface area contributed by atoms with Crippen LogP contribution in [-0.2, 0) is 0 Å². The van der Waals surface area contributed by atoms with Crippen LogP contribution in [0, 0.1) is 5.41 Å². The molecule has 3 amide bonds. The number of primary amides is 1. The van der Waals surface area contributed by atoms with Gasteiger partial charge >= 0.3 is 6.03 Å². The Balaban J connectivity index is 1.52. The number of nitrogens with one attached hydrogen (secondary N) is 1. The summed E-state index contributed by atoms with van der Waals surface area (Å²) in [6.07, 6.45) is 7.87. The molecule has 1 aromatic heterocycles. The normalized spacial score (nSPS) is 19.9. The molecule has 1 aromatic rings. The molecule has 0 atom stereocenters. The van der Waals surface area contributed by atoms with Crippen molar-refractivity contribution >= 4 is 17.8 Å². The Labute approximate surface area is 154 Å². The molecular weight excluding hydrogens is 330 g/mol. The first-order chi connectivity index (χ1) is 12.5. The minimum Gasteiger partial charge on any atom is -0.365 e.